The molecule has 0 bridgehead atoms. The summed E-state index contributed by atoms with van der Waals surface area (Å²) in [5.74, 6) is 0. The number of hydrogen-bond acceptors (Lipinski definition) is 3. The molecule has 0 nitrogen and oxygen atoms in total. The molecule has 90 valence electrons. The molecule has 0 saturated carbocycles. The molecule has 0 unspecified atom stereocenters. The summed E-state index contributed by atoms with van der Waals surface area (Å²) in [5, 5.41) is 5.77. The Labute approximate surface area is 121 Å². The van der Waals surface area contributed by atoms with Crippen LogP contribution in [-0.2, 0) is 0 Å². The van der Waals surface area contributed by atoms with Gasteiger partial charge in [-0.3, -0.25) is 0 Å². The first kappa shape index (κ1) is 10.4. The van der Waals surface area contributed by atoms with Crippen LogP contribution in [0.2, 0.25) is 0 Å². The summed E-state index contributed by atoms with van der Waals surface area (Å²) in [6.45, 7) is 0. The van der Waals surface area contributed by atoms with Crippen molar-refractivity contribution in [1.29, 1.82) is 0 Å². The molecular formula is C16H8S3. The largest absolute Gasteiger partial charge is 0.124 e. The van der Waals surface area contributed by atoms with E-state index in [-0.39, 0.29) is 0 Å². The average molecular weight is 296 g/mol. The molecular weight excluding hydrogens is 288 g/mol. The number of benzene rings is 2. The van der Waals surface area contributed by atoms with E-state index in [2.05, 4.69) is 48.5 Å². The Morgan fingerprint density at radius 3 is 1.53 bits per heavy atom. The average Bonchev–Trinajstić information content (AvgIpc) is 3.04. The van der Waals surface area contributed by atoms with Crippen molar-refractivity contribution in [3.05, 3.63) is 48.5 Å². The summed E-state index contributed by atoms with van der Waals surface area (Å²) in [5.41, 5.74) is 0. The van der Waals surface area contributed by atoms with Gasteiger partial charge in [0.05, 0.1) is 8.03 Å². The predicted octanol–water partition coefficient (Wildman–Crippen LogP) is 6.48. The van der Waals surface area contributed by atoms with Gasteiger partial charge >= 0.3 is 0 Å². The number of fused-ring (bicyclic) bond motifs is 7. The Hall–Kier alpha value is -1.42. The molecule has 3 heterocycles. The van der Waals surface area contributed by atoms with Crippen molar-refractivity contribution < 1.29 is 0 Å². The molecule has 5 aromatic rings. The lowest BCUT2D eigenvalue weighted by Gasteiger charge is -1.90. The monoisotopic (exact) mass is 296 g/mol. The first-order valence-corrected chi connectivity index (χ1v) is 8.58. The molecule has 3 heteroatoms. The molecule has 0 saturated heterocycles. The van der Waals surface area contributed by atoms with Crippen molar-refractivity contribution >= 4 is 73.0 Å². The van der Waals surface area contributed by atoms with Crippen LogP contribution >= 0.6 is 34.0 Å². The van der Waals surface area contributed by atoms with Gasteiger partial charge in [-0.1, -0.05) is 36.4 Å². The van der Waals surface area contributed by atoms with Gasteiger partial charge in [0.25, 0.3) is 0 Å². The van der Waals surface area contributed by atoms with Crippen molar-refractivity contribution in [2.75, 3.05) is 0 Å². The third-order valence-corrected chi connectivity index (χ3v) is 7.27. The van der Waals surface area contributed by atoms with Crippen LogP contribution in [0.5, 0.6) is 0 Å². The minimum Gasteiger partial charge on any atom is -0.124 e. The molecule has 0 aliphatic carbocycles. The molecule has 3 aromatic heterocycles. The molecule has 0 aliphatic rings. The van der Waals surface area contributed by atoms with E-state index >= 15 is 0 Å². The fourth-order valence-electron chi connectivity index (χ4n) is 2.75. The van der Waals surface area contributed by atoms with E-state index in [9.17, 15) is 0 Å². The first-order chi connectivity index (χ1) is 9.42. The number of hydrogen-bond donors (Lipinski definition) is 0. The summed E-state index contributed by atoms with van der Waals surface area (Å²) in [6, 6.07) is 17.5. The molecule has 0 atom stereocenters. The molecule has 2 aromatic carbocycles. The lowest BCUT2D eigenvalue weighted by Crippen LogP contribution is -1.65. The fraction of sp³-hybridized carbons (Fsp3) is 0. The zero-order chi connectivity index (χ0) is 12.4. The maximum Gasteiger partial charge on any atom is 0.0899 e. The van der Waals surface area contributed by atoms with Crippen molar-refractivity contribution in [1.82, 2.24) is 0 Å². The van der Waals surface area contributed by atoms with E-state index in [1.807, 2.05) is 34.0 Å². The van der Waals surface area contributed by atoms with Gasteiger partial charge in [-0.2, -0.15) is 0 Å². The Morgan fingerprint density at radius 2 is 1.00 bits per heavy atom. The van der Waals surface area contributed by atoms with E-state index in [1.54, 1.807) is 0 Å². The molecule has 0 spiro atoms. The van der Waals surface area contributed by atoms with Gasteiger partial charge in [0.15, 0.2) is 0 Å². The third-order valence-electron chi connectivity index (χ3n) is 3.56. The quantitative estimate of drug-likeness (QED) is 0.306. The molecule has 0 N–H and O–H groups in total. The van der Waals surface area contributed by atoms with E-state index < -0.39 is 0 Å². The SMILES string of the molecule is c1ccc2c(c1)sc1sc3sc4ccccc4c3c12. The highest BCUT2D eigenvalue weighted by Gasteiger charge is 2.15. The summed E-state index contributed by atoms with van der Waals surface area (Å²) >= 11 is 5.80. The van der Waals surface area contributed by atoms with Crippen LogP contribution in [0.1, 0.15) is 0 Å². The second-order valence-corrected chi connectivity index (χ2v) is 8.27. The van der Waals surface area contributed by atoms with E-state index in [0.29, 0.717) is 0 Å². The van der Waals surface area contributed by atoms with Crippen LogP contribution in [0.25, 0.3) is 39.0 Å². The first-order valence-electron chi connectivity index (χ1n) is 6.13. The van der Waals surface area contributed by atoms with Crippen LogP contribution in [0.15, 0.2) is 48.5 Å². The zero-order valence-corrected chi connectivity index (χ0v) is 12.3. The molecule has 0 amide bonds. The summed E-state index contributed by atoms with van der Waals surface area (Å²) < 4.78 is 5.74. The summed E-state index contributed by atoms with van der Waals surface area (Å²) in [4.78, 5) is 0. The fourth-order valence-corrected chi connectivity index (χ4v) is 6.96. The smallest absolute Gasteiger partial charge is 0.0899 e. The normalized spacial score (nSPS) is 12.2. The van der Waals surface area contributed by atoms with E-state index in [4.69, 9.17) is 0 Å². The van der Waals surface area contributed by atoms with Crippen molar-refractivity contribution in [3.8, 4) is 0 Å². The van der Waals surface area contributed by atoms with Gasteiger partial charge in [-0.05, 0) is 12.1 Å². The van der Waals surface area contributed by atoms with Crippen molar-refractivity contribution in [3.63, 3.8) is 0 Å². The second kappa shape index (κ2) is 3.57. The van der Waals surface area contributed by atoms with Crippen molar-refractivity contribution in [2.45, 2.75) is 0 Å². The standard InChI is InChI=1S/C16H8S3/c1-3-7-11-9(5-1)13-14-10-6-2-4-8-12(10)18-16(14)19-15(13)17-11/h1-8H. The van der Waals surface area contributed by atoms with Crippen LogP contribution < -0.4 is 0 Å². The Bertz CT molecular complexity index is 974. The molecule has 0 fully saturated rings. The maximum atomic E-state index is 2.26. The van der Waals surface area contributed by atoms with Gasteiger partial charge in [0.2, 0.25) is 0 Å². The molecule has 0 radical (unpaired) electrons. The third kappa shape index (κ3) is 1.27. The zero-order valence-electron chi connectivity index (χ0n) is 9.84. The van der Waals surface area contributed by atoms with Crippen LogP contribution in [0, 0.1) is 0 Å². The highest BCUT2D eigenvalue weighted by molar-refractivity contribution is 7.52. The topological polar surface area (TPSA) is 0 Å². The van der Waals surface area contributed by atoms with Crippen LogP contribution in [0.4, 0.5) is 0 Å². The van der Waals surface area contributed by atoms with E-state index in [1.165, 1.54) is 39.0 Å². The van der Waals surface area contributed by atoms with Gasteiger partial charge in [0.1, 0.15) is 0 Å². The summed E-state index contributed by atoms with van der Waals surface area (Å²) in [6.07, 6.45) is 0. The van der Waals surface area contributed by atoms with Crippen LogP contribution in [0.3, 0.4) is 0 Å². The lowest BCUT2D eigenvalue weighted by atomic mass is 10.1. The highest BCUT2D eigenvalue weighted by atomic mass is 32.2. The molecule has 5 rings (SSSR count). The molecule has 19 heavy (non-hydrogen) atoms. The van der Waals surface area contributed by atoms with Crippen molar-refractivity contribution in [2.24, 2.45) is 0 Å². The Kier molecular flexibility index (Phi) is 1.95. The second-order valence-electron chi connectivity index (χ2n) is 4.62. The number of rotatable bonds is 0. The van der Waals surface area contributed by atoms with Gasteiger partial charge in [-0.15, -0.1) is 34.0 Å². The molecule has 0 aliphatic heterocycles. The summed E-state index contributed by atoms with van der Waals surface area (Å²) in [7, 11) is 0. The minimum absolute atomic E-state index is 1.40. The number of thiophene rings is 3. The minimum atomic E-state index is 1.40. The maximum absolute atomic E-state index is 2.26. The lowest BCUT2D eigenvalue weighted by molar-refractivity contribution is 1.87. The van der Waals surface area contributed by atoms with E-state index in [0.717, 1.165) is 0 Å². The van der Waals surface area contributed by atoms with Gasteiger partial charge in [-0.25, -0.2) is 0 Å². The Morgan fingerprint density at radius 1 is 0.526 bits per heavy atom. The highest BCUT2D eigenvalue weighted by Crippen LogP contribution is 2.49. The Balaban J connectivity index is 2.16. The predicted molar refractivity (Wildman–Crippen MR) is 90.1 cm³/mol. The van der Waals surface area contributed by atoms with Gasteiger partial charge in [0, 0.05) is 30.9 Å². The van der Waals surface area contributed by atoms with Gasteiger partial charge < -0.3 is 0 Å². The van der Waals surface area contributed by atoms with Crippen LogP contribution in [-0.4, -0.2) is 0 Å².